The molecule has 2 atom stereocenters. The van der Waals surface area contributed by atoms with Crippen molar-refractivity contribution in [2.75, 3.05) is 19.6 Å². The molecule has 0 saturated heterocycles. The summed E-state index contributed by atoms with van der Waals surface area (Å²) in [4.78, 5) is 14.2. The monoisotopic (exact) mass is 436 g/mol. The van der Waals surface area contributed by atoms with Gasteiger partial charge in [-0.2, -0.15) is 13.2 Å². The van der Waals surface area contributed by atoms with Crippen LogP contribution in [0, 0.1) is 0 Å². The Balaban J connectivity index is 0.000000311. The number of nitrogens with zero attached hydrogens (tertiary/aromatic N) is 1. The summed E-state index contributed by atoms with van der Waals surface area (Å²) < 4.78 is 37.3. The number of hydrogen-bond acceptors (Lipinski definition) is 3. The number of benzene rings is 2. The third kappa shape index (κ3) is 9.23. The molecule has 0 fully saturated rings. The SMILES string of the molecule is CCN(CC)C(C)C(=O)c1ccccc1.CCN[C@@H](C)Cc1cccc(C(F)(F)F)c1. The number of Topliss-reactive ketones (excluding diaryl/α,β-unsaturated/α-hetero) is 1. The standard InChI is InChI=1S/C13H19NO.C12H16F3N/c1-4-14(5-2)11(3)13(15)12-9-7-6-8-10-12;1-3-16-9(2)7-10-5-4-6-11(8-10)12(13,14)15/h6-11H,4-5H2,1-3H3;4-6,8-9,16H,3,7H2,1-2H3/t;9-/m.0/s1. The number of hydrogen-bond donors (Lipinski definition) is 1. The molecule has 2 aromatic rings. The van der Waals surface area contributed by atoms with Crippen molar-refractivity contribution in [2.45, 2.75) is 59.3 Å². The van der Waals surface area contributed by atoms with E-state index in [0.717, 1.165) is 31.3 Å². The number of alkyl halides is 3. The molecule has 2 rings (SSSR count). The fraction of sp³-hybridized carbons (Fsp3) is 0.480. The molecule has 172 valence electrons. The summed E-state index contributed by atoms with van der Waals surface area (Å²) in [5.41, 5.74) is 0.939. The second-order valence-electron chi connectivity index (χ2n) is 7.49. The van der Waals surface area contributed by atoms with E-state index in [4.69, 9.17) is 0 Å². The fourth-order valence-corrected chi connectivity index (χ4v) is 3.43. The molecule has 0 heterocycles. The average Bonchev–Trinajstić information content (AvgIpc) is 2.75. The topological polar surface area (TPSA) is 32.3 Å². The van der Waals surface area contributed by atoms with Crippen molar-refractivity contribution in [3.8, 4) is 0 Å². The lowest BCUT2D eigenvalue weighted by Gasteiger charge is -2.25. The van der Waals surface area contributed by atoms with Gasteiger partial charge in [0.25, 0.3) is 0 Å². The van der Waals surface area contributed by atoms with Crippen molar-refractivity contribution in [1.29, 1.82) is 0 Å². The predicted molar refractivity (Wildman–Crippen MR) is 121 cm³/mol. The maximum Gasteiger partial charge on any atom is 0.416 e. The minimum atomic E-state index is -4.25. The summed E-state index contributed by atoms with van der Waals surface area (Å²) in [6.45, 7) is 12.7. The van der Waals surface area contributed by atoms with Gasteiger partial charge >= 0.3 is 6.18 Å². The summed E-state index contributed by atoms with van der Waals surface area (Å²) in [5, 5.41) is 3.17. The van der Waals surface area contributed by atoms with Crippen molar-refractivity contribution < 1.29 is 18.0 Å². The number of ketones is 1. The molecule has 0 aliphatic heterocycles. The van der Waals surface area contributed by atoms with Crippen LogP contribution in [0.5, 0.6) is 0 Å². The number of halogens is 3. The molecule has 1 unspecified atom stereocenters. The number of carbonyl (C=O) groups excluding carboxylic acids is 1. The third-order valence-electron chi connectivity index (χ3n) is 5.15. The van der Waals surface area contributed by atoms with Gasteiger partial charge in [-0.05, 0) is 51.5 Å². The highest BCUT2D eigenvalue weighted by atomic mass is 19.4. The molecular weight excluding hydrogens is 401 g/mol. The third-order valence-corrected chi connectivity index (χ3v) is 5.15. The van der Waals surface area contributed by atoms with Crippen LogP contribution in [0.25, 0.3) is 0 Å². The van der Waals surface area contributed by atoms with Gasteiger partial charge in [-0.25, -0.2) is 0 Å². The van der Waals surface area contributed by atoms with Crippen LogP contribution in [0.15, 0.2) is 54.6 Å². The predicted octanol–water partition coefficient (Wildman–Crippen LogP) is 5.85. The summed E-state index contributed by atoms with van der Waals surface area (Å²) in [5.74, 6) is 0.208. The van der Waals surface area contributed by atoms with Gasteiger partial charge in [0.1, 0.15) is 0 Å². The van der Waals surface area contributed by atoms with Gasteiger partial charge in [0.15, 0.2) is 5.78 Å². The first-order valence-corrected chi connectivity index (χ1v) is 10.9. The minimum Gasteiger partial charge on any atom is -0.314 e. The van der Waals surface area contributed by atoms with Crippen molar-refractivity contribution >= 4 is 5.78 Å². The Hall–Kier alpha value is -2.18. The zero-order valence-corrected chi connectivity index (χ0v) is 19.2. The molecule has 2 aromatic carbocycles. The molecule has 0 saturated carbocycles. The summed E-state index contributed by atoms with van der Waals surface area (Å²) >= 11 is 0. The Morgan fingerprint density at radius 3 is 2.10 bits per heavy atom. The normalized spacial score (nSPS) is 13.3. The molecule has 0 aliphatic rings. The highest BCUT2D eigenvalue weighted by Gasteiger charge is 2.30. The Morgan fingerprint density at radius 1 is 0.968 bits per heavy atom. The van der Waals surface area contributed by atoms with E-state index in [1.807, 2.05) is 51.1 Å². The summed E-state index contributed by atoms with van der Waals surface area (Å²) in [6.07, 6.45) is -3.64. The van der Waals surface area contributed by atoms with Crippen LogP contribution in [0.4, 0.5) is 13.2 Å². The molecular formula is C25H35F3N2O. The number of likely N-dealkylation sites (N-methyl/N-ethyl adjacent to an activating group) is 2. The second kappa shape index (κ2) is 13.3. The molecule has 0 aliphatic carbocycles. The quantitative estimate of drug-likeness (QED) is 0.501. The minimum absolute atomic E-state index is 0.0256. The number of rotatable bonds is 9. The lowest BCUT2D eigenvalue weighted by atomic mass is 10.0. The number of carbonyl (C=O) groups is 1. The van der Waals surface area contributed by atoms with Gasteiger partial charge in [-0.15, -0.1) is 0 Å². The van der Waals surface area contributed by atoms with Crippen LogP contribution >= 0.6 is 0 Å². The van der Waals surface area contributed by atoms with Crippen molar-refractivity contribution in [1.82, 2.24) is 10.2 Å². The van der Waals surface area contributed by atoms with Crippen LogP contribution in [0.1, 0.15) is 56.1 Å². The van der Waals surface area contributed by atoms with E-state index >= 15 is 0 Å². The Bertz CT molecular complexity index is 774. The maximum absolute atomic E-state index is 12.4. The fourth-order valence-electron chi connectivity index (χ4n) is 3.43. The largest absolute Gasteiger partial charge is 0.416 e. The van der Waals surface area contributed by atoms with E-state index in [9.17, 15) is 18.0 Å². The van der Waals surface area contributed by atoms with Gasteiger partial charge in [-0.1, -0.05) is 69.3 Å². The first-order chi connectivity index (χ1) is 14.6. The van der Waals surface area contributed by atoms with Gasteiger partial charge in [0, 0.05) is 11.6 Å². The Morgan fingerprint density at radius 2 is 1.58 bits per heavy atom. The van der Waals surface area contributed by atoms with Gasteiger partial charge in [0.2, 0.25) is 0 Å². The average molecular weight is 437 g/mol. The van der Waals surface area contributed by atoms with E-state index in [1.54, 1.807) is 6.07 Å². The molecule has 3 nitrogen and oxygen atoms in total. The zero-order valence-electron chi connectivity index (χ0n) is 19.2. The van der Waals surface area contributed by atoms with Crippen molar-refractivity contribution in [3.63, 3.8) is 0 Å². The van der Waals surface area contributed by atoms with Crippen LogP contribution < -0.4 is 5.32 Å². The van der Waals surface area contributed by atoms with Gasteiger partial charge < -0.3 is 5.32 Å². The van der Waals surface area contributed by atoms with E-state index in [-0.39, 0.29) is 17.9 Å². The molecule has 0 amide bonds. The highest BCUT2D eigenvalue weighted by molar-refractivity contribution is 5.99. The lowest BCUT2D eigenvalue weighted by molar-refractivity contribution is -0.137. The van der Waals surface area contributed by atoms with E-state index in [1.165, 1.54) is 12.1 Å². The van der Waals surface area contributed by atoms with Crippen LogP contribution in [0.3, 0.4) is 0 Å². The van der Waals surface area contributed by atoms with Crippen LogP contribution in [-0.2, 0) is 12.6 Å². The number of nitrogens with one attached hydrogen (secondary N) is 1. The van der Waals surface area contributed by atoms with E-state index in [0.29, 0.717) is 12.0 Å². The Labute approximate surface area is 184 Å². The molecule has 31 heavy (non-hydrogen) atoms. The zero-order chi connectivity index (χ0) is 23.4. The van der Waals surface area contributed by atoms with Crippen LogP contribution in [0.2, 0.25) is 0 Å². The molecule has 0 spiro atoms. The lowest BCUT2D eigenvalue weighted by Crippen LogP contribution is -2.38. The molecule has 0 aromatic heterocycles. The molecule has 0 radical (unpaired) electrons. The first-order valence-electron chi connectivity index (χ1n) is 10.9. The van der Waals surface area contributed by atoms with E-state index in [2.05, 4.69) is 24.1 Å². The van der Waals surface area contributed by atoms with Gasteiger partial charge in [-0.3, -0.25) is 9.69 Å². The smallest absolute Gasteiger partial charge is 0.314 e. The summed E-state index contributed by atoms with van der Waals surface area (Å²) in [7, 11) is 0. The van der Waals surface area contributed by atoms with Crippen molar-refractivity contribution in [3.05, 3.63) is 71.3 Å². The maximum atomic E-state index is 12.4. The van der Waals surface area contributed by atoms with Gasteiger partial charge in [0.05, 0.1) is 11.6 Å². The molecule has 6 heteroatoms. The summed E-state index contributed by atoms with van der Waals surface area (Å²) in [6, 6.07) is 15.2. The second-order valence-corrected chi connectivity index (χ2v) is 7.49. The van der Waals surface area contributed by atoms with E-state index < -0.39 is 11.7 Å². The molecule has 1 N–H and O–H groups in total. The first kappa shape index (κ1) is 26.9. The Kier molecular flexibility index (Phi) is 11.5. The molecule has 0 bridgehead atoms. The highest BCUT2D eigenvalue weighted by Crippen LogP contribution is 2.29. The van der Waals surface area contributed by atoms with Crippen LogP contribution in [-0.4, -0.2) is 42.4 Å². The van der Waals surface area contributed by atoms with Crippen molar-refractivity contribution in [2.24, 2.45) is 0 Å².